The summed E-state index contributed by atoms with van der Waals surface area (Å²) in [6.45, 7) is 7.25. The van der Waals surface area contributed by atoms with Gasteiger partial charge in [0.25, 0.3) is 0 Å². The van der Waals surface area contributed by atoms with Crippen molar-refractivity contribution >= 4 is 23.2 Å². The average Bonchev–Trinajstić information content (AvgIpc) is 2.14. The highest BCUT2D eigenvalue weighted by atomic mass is 35.5. The molecule has 4 heteroatoms. The Bertz CT molecular complexity index is 313. The van der Waals surface area contributed by atoms with E-state index in [0.717, 1.165) is 5.69 Å². The lowest BCUT2D eigenvalue weighted by atomic mass is 10.3. The van der Waals surface area contributed by atoms with Crippen LogP contribution < -0.4 is 5.32 Å². The van der Waals surface area contributed by atoms with Gasteiger partial charge in [-0.15, -0.1) is 0 Å². The summed E-state index contributed by atoms with van der Waals surface area (Å²) in [5, 5.41) is 3.15. The number of carbonyl (C=O) groups is 1. The Kier molecular flexibility index (Phi) is 5.88. The third kappa shape index (κ3) is 4.23. The molecule has 0 aliphatic heterocycles. The van der Waals surface area contributed by atoms with Crippen molar-refractivity contribution < 1.29 is 4.79 Å². The van der Waals surface area contributed by atoms with Crippen LogP contribution in [0.3, 0.4) is 0 Å². The van der Waals surface area contributed by atoms with Gasteiger partial charge < -0.3 is 5.32 Å². The maximum Gasteiger partial charge on any atom is 0.221 e. The zero-order chi connectivity index (χ0) is 11.1. The number of amides is 1. The highest BCUT2D eigenvalue weighted by molar-refractivity contribution is 6.30. The van der Waals surface area contributed by atoms with Gasteiger partial charge >= 0.3 is 0 Å². The summed E-state index contributed by atoms with van der Waals surface area (Å²) in [7, 11) is 0. The van der Waals surface area contributed by atoms with Gasteiger partial charge in [0, 0.05) is 13.1 Å². The summed E-state index contributed by atoms with van der Waals surface area (Å²) in [6.07, 6.45) is 1.54. The molecule has 0 fully saturated rings. The molecule has 0 aliphatic rings. The average molecular weight is 215 g/mol. The topological polar surface area (TPSA) is 42.0 Å². The minimum absolute atomic E-state index is 0.123. The van der Waals surface area contributed by atoms with Crippen molar-refractivity contribution in [2.45, 2.75) is 27.7 Å². The van der Waals surface area contributed by atoms with Crippen molar-refractivity contribution in [3.05, 3.63) is 23.0 Å². The molecule has 0 saturated heterocycles. The van der Waals surface area contributed by atoms with E-state index in [0.29, 0.717) is 10.7 Å². The van der Waals surface area contributed by atoms with E-state index in [1.54, 1.807) is 12.3 Å². The van der Waals surface area contributed by atoms with Crippen LogP contribution in [-0.4, -0.2) is 10.9 Å². The van der Waals surface area contributed by atoms with E-state index in [4.69, 9.17) is 11.6 Å². The first kappa shape index (κ1) is 12.9. The molecule has 0 bridgehead atoms. The molecule has 0 aliphatic carbocycles. The molecule has 1 N–H and O–H groups in total. The first-order valence-electron chi connectivity index (χ1n) is 4.49. The number of halogens is 1. The molecule has 0 aromatic carbocycles. The fourth-order valence-corrected chi connectivity index (χ4v) is 0.982. The van der Waals surface area contributed by atoms with E-state index < -0.39 is 0 Å². The van der Waals surface area contributed by atoms with Crippen LogP contribution in [0, 0.1) is 6.92 Å². The van der Waals surface area contributed by atoms with Crippen LogP contribution in [0.4, 0.5) is 5.69 Å². The third-order valence-corrected chi connectivity index (χ3v) is 1.57. The monoisotopic (exact) mass is 214 g/mol. The normalized spacial score (nSPS) is 8.64. The molecule has 1 amide bonds. The van der Waals surface area contributed by atoms with Crippen molar-refractivity contribution in [3.63, 3.8) is 0 Å². The lowest BCUT2D eigenvalue weighted by Gasteiger charge is -2.04. The molecule has 0 saturated carbocycles. The molecule has 0 radical (unpaired) electrons. The summed E-state index contributed by atoms with van der Waals surface area (Å²) >= 11 is 5.69. The molecule has 1 rings (SSSR count). The molecular weight excluding hydrogens is 200 g/mol. The van der Waals surface area contributed by atoms with Crippen molar-refractivity contribution in [1.82, 2.24) is 4.98 Å². The Morgan fingerprint density at radius 2 is 2.07 bits per heavy atom. The van der Waals surface area contributed by atoms with Crippen molar-refractivity contribution in [2.75, 3.05) is 5.32 Å². The van der Waals surface area contributed by atoms with Crippen LogP contribution in [0.25, 0.3) is 0 Å². The minimum atomic E-state index is -0.123. The third-order valence-electron chi connectivity index (χ3n) is 1.36. The predicted octanol–water partition coefficient (Wildman–Crippen LogP) is 3.03. The molecule has 78 valence electrons. The van der Waals surface area contributed by atoms with E-state index in [2.05, 4.69) is 10.3 Å². The van der Waals surface area contributed by atoms with Gasteiger partial charge in [-0.3, -0.25) is 9.78 Å². The highest BCUT2D eigenvalue weighted by Gasteiger charge is 2.01. The van der Waals surface area contributed by atoms with Gasteiger partial charge in [-0.05, 0) is 13.0 Å². The SMILES string of the molecule is CC.CC(=O)Nc1cc(Cl)cnc1C. The number of rotatable bonds is 1. The van der Waals surface area contributed by atoms with Gasteiger partial charge in [0.05, 0.1) is 16.4 Å². The number of anilines is 1. The highest BCUT2D eigenvalue weighted by Crippen LogP contribution is 2.17. The number of hydrogen-bond acceptors (Lipinski definition) is 2. The van der Waals surface area contributed by atoms with E-state index in [9.17, 15) is 4.79 Å². The van der Waals surface area contributed by atoms with E-state index in [1.165, 1.54) is 6.92 Å². The van der Waals surface area contributed by atoms with Gasteiger partial charge in [-0.1, -0.05) is 25.4 Å². The Morgan fingerprint density at radius 1 is 1.50 bits per heavy atom. The molecule has 1 aromatic heterocycles. The maximum absolute atomic E-state index is 10.7. The van der Waals surface area contributed by atoms with E-state index >= 15 is 0 Å². The summed E-state index contributed by atoms with van der Waals surface area (Å²) in [6, 6.07) is 1.67. The van der Waals surface area contributed by atoms with Crippen LogP contribution in [0.5, 0.6) is 0 Å². The van der Waals surface area contributed by atoms with Crippen LogP contribution in [-0.2, 0) is 4.79 Å². The number of aryl methyl sites for hydroxylation is 1. The number of nitrogens with one attached hydrogen (secondary N) is 1. The van der Waals surface area contributed by atoms with Gasteiger partial charge in [0.2, 0.25) is 5.91 Å². The lowest BCUT2D eigenvalue weighted by molar-refractivity contribution is -0.114. The van der Waals surface area contributed by atoms with Crippen molar-refractivity contribution in [1.29, 1.82) is 0 Å². The fraction of sp³-hybridized carbons (Fsp3) is 0.400. The number of pyridine rings is 1. The van der Waals surface area contributed by atoms with Crippen LogP contribution in [0.15, 0.2) is 12.3 Å². The molecule has 3 nitrogen and oxygen atoms in total. The Labute approximate surface area is 89.5 Å². The molecule has 0 unspecified atom stereocenters. The number of aromatic nitrogens is 1. The van der Waals surface area contributed by atoms with Crippen molar-refractivity contribution in [3.8, 4) is 0 Å². The summed E-state index contributed by atoms with van der Waals surface area (Å²) in [4.78, 5) is 14.7. The minimum Gasteiger partial charge on any atom is -0.325 e. The Balaban J connectivity index is 0.000000791. The Hall–Kier alpha value is -1.09. The van der Waals surface area contributed by atoms with Gasteiger partial charge in [-0.2, -0.15) is 0 Å². The van der Waals surface area contributed by atoms with Gasteiger partial charge in [0.15, 0.2) is 0 Å². The molecule has 1 aromatic rings. The number of nitrogens with zero attached hydrogens (tertiary/aromatic N) is 1. The summed E-state index contributed by atoms with van der Waals surface area (Å²) in [5.41, 5.74) is 1.42. The van der Waals surface area contributed by atoms with Gasteiger partial charge in [-0.25, -0.2) is 0 Å². The zero-order valence-electron chi connectivity index (χ0n) is 8.89. The molecule has 0 spiro atoms. The molecule has 14 heavy (non-hydrogen) atoms. The smallest absolute Gasteiger partial charge is 0.221 e. The standard InChI is InChI=1S/C8H9ClN2O.C2H6/c1-5-8(11-6(2)12)3-7(9)4-10-5;1-2/h3-4H,1-2H3,(H,11,12);1-2H3. The van der Waals surface area contributed by atoms with Crippen LogP contribution in [0.1, 0.15) is 26.5 Å². The first-order valence-corrected chi connectivity index (χ1v) is 4.87. The first-order chi connectivity index (χ1) is 6.59. The zero-order valence-corrected chi connectivity index (χ0v) is 9.64. The van der Waals surface area contributed by atoms with Crippen LogP contribution >= 0.6 is 11.6 Å². The fourth-order valence-electron chi connectivity index (χ4n) is 0.824. The largest absolute Gasteiger partial charge is 0.325 e. The quantitative estimate of drug-likeness (QED) is 0.781. The van der Waals surface area contributed by atoms with Crippen LogP contribution in [0.2, 0.25) is 5.02 Å². The summed E-state index contributed by atoms with van der Waals surface area (Å²) < 4.78 is 0. The second-order valence-corrected chi connectivity index (χ2v) is 2.90. The second-order valence-electron chi connectivity index (χ2n) is 2.47. The molecule has 0 atom stereocenters. The maximum atomic E-state index is 10.7. The lowest BCUT2D eigenvalue weighted by Crippen LogP contribution is -2.07. The molecule has 1 heterocycles. The predicted molar refractivity (Wildman–Crippen MR) is 59.6 cm³/mol. The van der Waals surface area contributed by atoms with Crippen molar-refractivity contribution in [2.24, 2.45) is 0 Å². The van der Waals surface area contributed by atoms with E-state index in [-0.39, 0.29) is 5.91 Å². The second kappa shape index (κ2) is 6.38. The number of carbonyl (C=O) groups excluding carboxylic acids is 1. The Morgan fingerprint density at radius 3 is 2.57 bits per heavy atom. The van der Waals surface area contributed by atoms with E-state index in [1.807, 2.05) is 20.8 Å². The number of hydrogen-bond donors (Lipinski definition) is 1. The van der Waals surface area contributed by atoms with Gasteiger partial charge in [0.1, 0.15) is 0 Å². The molecular formula is C10H15ClN2O. The summed E-state index contributed by atoms with van der Waals surface area (Å²) in [5.74, 6) is -0.123.